The van der Waals surface area contributed by atoms with Crippen molar-refractivity contribution in [1.82, 2.24) is 5.32 Å². The van der Waals surface area contributed by atoms with Crippen molar-refractivity contribution in [2.75, 3.05) is 11.9 Å². The number of nitrogens with zero attached hydrogens (tertiary/aromatic N) is 1. The van der Waals surface area contributed by atoms with Crippen LogP contribution in [0, 0.1) is 16.0 Å². The van der Waals surface area contributed by atoms with Crippen LogP contribution in [0.25, 0.3) is 0 Å². The fourth-order valence-electron chi connectivity index (χ4n) is 2.06. The zero-order valence-electron chi connectivity index (χ0n) is 14.4. The Bertz CT molecular complexity index is 806. The molecule has 0 aliphatic rings. The Morgan fingerprint density at radius 1 is 1.19 bits per heavy atom. The molecule has 2 aromatic carbocycles. The van der Waals surface area contributed by atoms with Crippen molar-refractivity contribution in [1.29, 1.82) is 0 Å². The maximum absolute atomic E-state index is 12.2. The van der Waals surface area contributed by atoms with E-state index in [-0.39, 0.29) is 16.4 Å². The molecule has 8 heteroatoms. The number of rotatable bonds is 6. The number of benzene rings is 2. The third-order valence-corrected chi connectivity index (χ3v) is 3.47. The van der Waals surface area contributed by atoms with Gasteiger partial charge in [0.25, 0.3) is 11.6 Å². The van der Waals surface area contributed by atoms with Crippen LogP contribution in [0.15, 0.2) is 48.5 Å². The molecular weight excluding hydrogens is 354 g/mol. The van der Waals surface area contributed by atoms with Gasteiger partial charge in [0.2, 0.25) is 0 Å². The van der Waals surface area contributed by atoms with Crippen molar-refractivity contribution >= 4 is 34.6 Å². The molecule has 2 rings (SSSR count). The number of nitrogens with one attached hydrogen (secondary N) is 2. The number of hydrogen-bond acceptors (Lipinski definition) is 5. The molecule has 0 saturated heterocycles. The summed E-state index contributed by atoms with van der Waals surface area (Å²) >= 11 is 5.10. The van der Waals surface area contributed by atoms with Gasteiger partial charge in [-0.2, -0.15) is 0 Å². The summed E-state index contributed by atoms with van der Waals surface area (Å²) in [5.41, 5.74) is 0.327. The van der Waals surface area contributed by atoms with E-state index >= 15 is 0 Å². The van der Waals surface area contributed by atoms with Gasteiger partial charge in [0.1, 0.15) is 11.3 Å². The zero-order chi connectivity index (χ0) is 19.1. The molecule has 0 aliphatic heterocycles. The minimum Gasteiger partial charge on any atom is -0.493 e. The van der Waals surface area contributed by atoms with Crippen molar-refractivity contribution < 1.29 is 14.5 Å². The van der Waals surface area contributed by atoms with Crippen LogP contribution in [0.1, 0.15) is 24.2 Å². The van der Waals surface area contributed by atoms with Crippen LogP contribution < -0.4 is 15.4 Å². The molecule has 136 valence electrons. The predicted octanol–water partition coefficient (Wildman–Crippen LogP) is 3.76. The van der Waals surface area contributed by atoms with Crippen LogP contribution in [0.3, 0.4) is 0 Å². The highest BCUT2D eigenvalue weighted by Gasteiger charge is 2.19. The number of carbonyl (C=O) groups excluding carboxylic acids is 1. The van der Waals surface area contributed by atoms with E-state index in [1.807, 2.05) is 0 Å². The van der Waals surface area contributed by atoms with Crippen molar-refractivity contribution in [2.45, 2.75) is 13.8 Å². The molecule has 26 heavy (non-hydrogen) atoms. The Kier molecular flexibility index (Phi) is 6.62. The number of amides is 1. The molecular formula is C18H19N3O4S. The highest BCUT2D eigenvalue weighted by Crippen LogP contribution is 2.18. The Hall–Kier alpha value is -3.00. The predicted molar refractivity (Wildman–Crippen MR) is 104 cm³/mol. The molecule has 0 aliphatic carbocycles. The average molecular weight is 373 g/mol. The molecule has 0 atom stereocenters. The van der Waals surface area contributed by atoms with Gasteiger partial charge in [-0.1, -0.05) is 26.0 Å². The van der Waals surface area contributed by atoms with Crippen LogP contribution in [0.4, 0.5) is 11.4 Å². The second-order valence-corrected chi connectivity index (χ2v) is 6.32. The van der Waals surface area contributed by atoms with Crippen LogP contribution in [-0.4, -0.2) is 22.5 Å². The lowest BCUT2D eigenvalue weighted by Gasteiger charge is -2.11. The Labute approximate surface area is 156 Å². The zero-order valence-corrected chi connectivity index (χ0v) is 15.2. The van der Waals surface area contributed by atoms with Gasteiger partial charge in [0, 0.05) is 11.8 Å². The molecule has 0 heterocycles. The summed E-state index contributed by atoms with van der Waals surface area (Å²) in [6, 6.07) is 12.8. The number of nitro benzene ring substituents is 1. The van der Waals surface area contributed by atoms with Gasteiger partial charge in [-0.05, 0) is 48.5 Å². The summed E-state index contributed by atoms with van der Waals surface area (Å²) in [6.07, 6.45) is 0. The third-order valence-electron chi connectivity index (χ3n) is 3.27. The Balaban J connectivity index is 1.96. The van der Waals surface area contributed by atoms with Crippen LogP contribution >= 0.6 is 12.2 Å². The number of anilines is 1. The first kappa shape index (κ1) is 19.3. The van der Waals surface area contributed by atoms with Gasteiger partial charge in [0.05, 0.1) is 11.5 Å². The van der Waals surface area contributed by atoms with E-state index in [2.05, 4.69) is 24.5 Å². The maximum atomic E-state index is 12.2. The fraction of sp³-hybridized carbons (Fsp3) is 0.222. The lowest BCUT2D eigenvalue weighted by atomic mass is 10.1. The SMILES string of the molecule is CC(C)COc1ccc(NC(=S)NC(=O)c2ccccc2[N+](=O)[O-])cc1. The summed E-state index contributed by atoms with van der Waals surface area (Å²) in [5, 5.41) is 16.3. The topological polar surface area (TPSA) is 93.5 Å². The molecule has 0 fully saturated rings. The van der Waals surface area contributed by atoms with E-state index in [0.717, 1.165) is 5.75 Å². The average Bonchev–Trinajstić information content (AvgIpc) is 2.60. The number of hydrogen-bond donors (Lipinski definition) is 2. The van der Waals surface area contributed by atoms with Crippen molar-refractivity contribution in [3.05, 3.63) is 64.2 Å². The first-order valence-corrected chi connectivity index (χ1v) is 8.36. The van der Waals surface area contributed by atoms with Crippen LogP contribution in [0.5, 0.6) is 5.75 Å². The maximum Gasteiger partial charge on any atom is 0.282 e. The largest absolute Gasteiger partial charge is 0.493 e. The molecule has 2 N–H and O–H groups in total. The third kappa shape index (κ3) is 5.52. The summed E-state index contributed by atoms with van der Waals surface area (Å²) in [6.45, 7) is 4.75. The molecule has 0 bridgehead atoms. The second kappa shape index (κ2) is 8.91. The van der Waals surface area contributed by atoms with Crippen molar-refractivity contribution in [3.63, 3.8) is 0 Å². The summed E-state index contributed by atoms with van der Waals surface area (Å²) < 4.78 is 5.59. The number of thiocarbonyl (C=S) groups is 1. The smallest absolute Gasteiger partial charge is 0.282 e. The van der Waals surface area contributed by atoms with Gasteiger partial charge in [0.15, 0.2) is 5.11 Å². The lowest BCUT2D eigenvalue weighted by Crippen LogP contribution is -2.34. The van der Waals surface area contributed by atoms with E-state index in [0.29, 0.717) is 18.2 Å². The van der Waals surface area contributed by atoms with Gasteiger partial charge < -0.3 is 10.1 Å². The molecule has 0 unspecified atom stereocenters. The first-order valence-electron chi connectivity index (χ1n) is 7.95. The fourth-order valence-corrected chi connectivity index (χ4v) is 2.27. The van der Waals surface area contributed by atoms with E-state index in [9.17, 15) is 14.9 Å². The molecule has 7 nitrogen and oxygen atoms in total. The summed E-state index contributed by atoms with van der Waals surface area (Å²) in [4.78, 5) is 22.6. The number of carbonyl (C=O) groups is 1. The quantitative estimate of drug-likeness (QED) is 0.455. The van der Waals surface area contributed by atoms with Crippen LogP contribution in [-0.2, 0) is 0 Å². The Morgan fingerprint density at radius 3 is 2.46 bits per heavy atom. The van der Waals surface area contributed by atoms with Gasteiger partial charge in [-0.25, -0.2) is 0 Å². The van der Waals surface area contributed by atoms with E-state index in [1.54, 1.807) is 30.3 Å². The number of nitro groups is 1. The van der Waals surface area contributed by atoms with Gasteiger partial charge >= 0.3 is 0 Å². The highest BCUT2D eigenvalue weighted by molar-refractivity contribution is 7.80. The lowest BCUT2D eigenvalue weighted by molar-refractivity contribution is -0.385. The summed E-state index contributed by atoms with van der Waals surface area (Å²) in [7, 11) is 0. The molecule has 1 amide bonds. The van der Waals surface area contributed by atoms with Gasteiger partial charge in [-0.3, -0.25) is 20.2 Å². The molecule has 2 aromatic rings. The van der Waals surface area contributed by atoms with Gasteiger partial charge in [-0.15, -0.1) is 0 Å². The van der Waals surface area contributed by atoms with Crippen molar-refractivity contribution in [2.24, 2.45) is 5.92 Å². The molecule has 0 radical (unpaired) electrons. The normalized spacial score (nSPS) is 10.3. The van der Waals surface area contributed by atoms with E-state index < -0.39 is 10.8 Å². The van der Waals surface area contributed by atoms with E-state index in [1.165, 1.54) is 18.2 Å². The van der Waals surface area contributed by atoms with Crippen LogP contribution in [0.2, 0.25) is 0 Å². The number of para-hydroxylation sites is 1. The van der Waals surface area contributed by atoms with E-state index in [4.69, 9.17) is 17.0 Å². The molecule has 0 saturated carbocycles. The monoisotopic (exact) mass is 373 g/mol. The molecule has 0 spiro atoms. The highest BCUT2D eigenvalue weighted by atomic mass is 32.1. The minimum absolute atomic E-state index is 0.0454. The number of ether oxygens (including phenoxy) is 1. The van der Waals surface area contributed by atoms with Crippen molar-refractivity contribution in [3.8, 4) is 5.75 Å². The first-order chi connectivity index (χ1) is 12.4. The Morgan fingerprint density at radius 2 is 1.85 bits per heavy atom. The minimum atomic E-state index is -0.647. The molecule has 0 aromatic heterocycles. The summed E-state index contributed by atoms with van der Waals surface area (Å²) in [5.74, 6) is 0.517. The second-order valence-electron chi connectivity index (χ2n) is 5.91. The standard InChI is InChI=1S/C18H19N3O4S/c1-12(2)11-25-14-9-7-13(8-10-14)19-18(26)20-17(22)15-5-3-4-6-16(15)21(23)24/h3-10,12H,11H2,1-2H3,(H2,19,20,22,26).